The van der Waals surface area contributed by atoms with Crippen LogP contribution in [0.15, 0.2) is 24.3 Å². The van der Waals surface area contributed by atoms with Crippen LogP contribution in [0.3, 0.4) is 0 Å². The number of aryl methyl sites for hydroxylation is 1. The minimum Gasteiger partial charge on any atom is -0.494 e. The Bertz CT molecular complexity index is 960. The van der Waals surface area contributed by atoms with Gasteiger partial charge in [0.1, 0.15) is 36.5 Å². The maximum absolute atomic E-state index is 14.0. The zero-order chi connectivity index (χ0) is 30.3. The normalized spacial score (nSPS) is 11.2. The second kappa shape index (κ2) is 22.6. The fourth-order valence-corrected chi connectivity index (χ4v) is 2.81. The van der Waals surface area contributed by atoms with Crippen molar-refractivity contribution in [2.24, 2.45) is 5.41 Å². The molecule has 0 unspecified atom stereocenters. The number of carbonyl (C=O) groups excluding carboxylic acids is 2. The van der Waals surface area contributed by atoms with Gasteiger partial charge < -0.3 is 25.0 Å². The van der Waals surface area contributed by atoms with Crippen molar-refractivity contribution in [1.82, 2.24) is 0 Å². The van der Waals surface area contributed by atoms with E-state index in [9.17, 15) is 13.2 Å². The maximum Gasteiger partial charge on any atom is 0.184 e. The molecule has 0 aromatic heterocycles. The summed E-state index contributed by atoms with van der Waals surface area (Å²) in [6.07, 6.45) is 5.80. The molecule has 6 nitrogen and oxygen atoms in total. The summed E-state index contributed by atoms with van der Waals surface area (Å²) in [5.74, 6) is -2.63. The number of nitrogens with one attached hydrogen (secondary N) is 2. The monoisotopic (exact) mass is 539 g/mol. The van der Waals surface area contributed by atoms with Gasteiger partial charge in [-0.3, -0.25) is 0 Å². The van der Waals surface area contributed by atoms with E-state index in [-0.39, 0.29) is 22.8 Å². The minimum absolute atomic E-state index is 0.0450. The van der Waals surface area contributed by atoms with Crippen LogP contribution in [0.5, 0.6) is 5.75 Å². The molecule has 3 rings (SSSR count). The summed E-state index contributed by atoms with van der Waals surface area (Å²) >= 11 is 0. The maximum atomic E-state index is 14.0. The number of anilines is 3. The third kappa shape index (κ3) is 14.3. The average molecular weight is 540 g/mol. The van der Waals surface area contributed by atoms with Gasteiger partial charge in [-0.05, 0) is 49.3 Å². The first-order chi connectivity index (χ1) is 18.2. The predicted octanol–water partition coefficient (Wildman–Crippen LogP) is 8.37. The Kier molecular flexibility index (Phi) is 23.2. The smallest absolute Gasteiger partial charge is 0.184 e. The van der Waals surface area contributed by atoms with E-state index >= 15 is 0 Å². The van der Waals surface area contributed by atoms with Crippen LogP contribution < -0.4 is 15.4 Å². The van der Waals surface area contributed by atoms with Crippen molar-refractivity contribution in [3.8, 4) is 11.8 Å². The van der Waals surface area contributed by atoms with Gasteiger partial charge in [0.05, 0.1) is 18.9 Å². The molecule has 2 aromatic rings. The van der Waals surface area contributed by atoms with Gasteiger partial charge in [0.15, 0.2) is 11.6 Å². The zero-order valence-electron chi connectivity index (χ0n) is 24.1. The topological polar surface area (TPSA) is 91.2 Å². The van der Waals surface area contributed by atoms with E-state index in [4.69, 9.17) is 19.6 Å². The van der Waals surface area contributed by atoms with Gasteiger partial charge in [-0.15, -0.1) is 0 Å². The Morgan fingerprint density at radius 1 is 1.03 bits per heavy atom. The number of rotatable bonds is 6. The lowest BCUT2D eigenvalue weighted by molar-refractivity contribution is -0.0987. The van der Waals surface area contributed by atoms with Gasteiger partial charge in [-0.1, -0.05) is 47.1 Å². The number of halogens is 3. The molecule has 1 fully saturated rings. The van der Waals surface area contributed by atoms with Gasteiger partial charge in [0.25, 0.3) is 0 Å². The van der Waals surface area contributed by atoms with Gasteiger partial charge in [-0.25, -0.2) is 13.2 Å². The molecule has 0 bridgehead atoms. The molecule has 38 heavy (non-hydrogen) atoms. The molecule has 0 heterocycles. The summed E-state index contributed by atoms with van der Waals surface area (Å²) in [7, 11) is 2.87. The second-order valence-corrected chi connectivity index (χ2v) is 8.16. The molecular formula is C29H44F3N3O3. The number of carbonyl (C=O) groups is 2. The molecule has 0 saturated heterocycles. The van der Waals surface area contributed by atoms with E-state index in [0.29, 0.717) is 5.41 Å². The molecule has 0 spiro atoms. The molecule has 0 amide bonds. The highest BCUT2D eigenvalue weighted by atomic mass is 19.2. The van der Waals surface area contributed by atoms with Crippen LogP contribution in [0.4, 0.5) is 30.2 Å². The van der Waals surface area contributed by atoms with E-state index in [0.717, 1.165) is 24.5 Å². The van der Waals surface area contributed by atoms with Crippen LogP contribution in [0.25, 0.3) is 0 Å². The van der Waals surface area contributed by atoms with Crippen LogP contribution in [-0.2, 0) is 9.59 Å². The van der Waals surface area contributed by atoms with Crippen LogP contribution in [0.1, 0.15) is 72.3 Å². The lowest BCUT2D eigenvalue weighted by Crippen LogP contribution is -2.05. The molecule has 1 aliphatic carbocycles. The zero-order valence-corrected chi connectivity index (χ0v) is 24.1. The molecule has 1 aliphatic rings. The fourth-order valence-electron chi connectivity index (χ4n) is 2.81. The van der Waals surface area contributed by atoms with Crippen LogP contribution in [-0.4, -0.2) is 27.7 Å². The number of ether oxygens (including phenoxy) is 1. The summed E-state index contributed by atoms with van der Waals surface area (Å²) in [6, 6.07) is 7.52. The van der Waals surface area contributed by atoms with Gasteiger partial charge in [-0.2, -0.15) is 5.26 Å². The largest absolute Gasteiger partial charge is 0.494 e. The number of nitriles is 1. The Morgan fingerprint density at radius 3 is 1.95 bits per heavy atom. The number of hydrogen-bond acceptors (Lipinski definition) is 6. The molecule has 2 N–H and O–H groups in total. The highest BCUT2D eigenvalue weighted by Crippen LogP contribution is 2.48. The molecule has 214 valence electrons. The average Bonchev–Trinajstić information content (AvgIpc) is 3.68. The fraction of sp³-hybridized carbons (Fsp3) is 0.483. The lowest BCUT2D eigenvalue weighted by atomic mass is 10.0. The molecule has 9 heteroatoms. The number of nitrogens with zero attached hydrogens (tertiary/aromatic N) is 1. The highest BCUT2D eigenvalue weighted by Gasteiger charge is 2.36. The van der Waals surface area contributed by atoms with E-state index in [1.54, 1.807) is 13.0 Å². The van der Waals surface area contributed by atoms with Crippen molar-refractivity contribution in [2.45, 2.75) is 73.6 Å². The van der Waals surface area contributed by atoms with Gasteiger partial charge in [0, 0.05) is 19.5 Å². The highest BCUT2D eigenvalue weighted by molar-refractivity contribution is 5.80. The minimum atomic E-state index is -1.11. The van der Waals surface area contributed by atoms with Gasteiger partial charge >= 0.3 is 0 Å². The molecule has 0 aliphatic heterocycles. The molecule has 1 saturated carbocycles. The first kappa shape index (κ1) is 39.0. The number of methoxy groups -OCH3 is 1. The lowest BCUT2D eigenvalue weighted by Gasteiger charge is -2.17. The summed E-state index contributed by atoms with van der Waals surface area (Å²) in [6.45, 7) is 16.2. The van der Waals surface area contributed by atoms with Crippen molar-refractivity contribution in [1.29, 1.82) is 5.26 Å². The van der Waals surface area contributed by atoms with Crippen molar-refractivity contribution in [3.05, 3.63) is 47.3 Å². The predicted molar refractivity (Wildman–Crippen MR) is 151 cm³/mol. The van der Waals surface area contributed by atoms with Crippen LogP contribution in [0, 0.1) is 41.1 Å². The van der Waals surface area contributed by atoms with Crippen molar-refractivity contribution in [2.75, 3.05) is 24.8 Å². The Labute approximate surface area is 226 Å². The molecule has 0 atom stereocenters. The third-order valence-corrected chi connectivity index (χ3v) is 4.98. The first-order valence-electron chi connectivity index (χ1n) is 12.4. The van der Waals surface area contributed by atoms with Crippen molar-refractivity contribution < 1.29 is 27.5 Å². The first-order valence-corrected chi connectivity index (χ1v) is 12.4. The Hall–Kier alpha value is -3.54. The van der Waals surface area contributed by atoms with Crippen LogP contribution >= 0.6 is 0 Å². The SMILES string of the molecule is C=O.C=O.CC.CC1(CCC#N)CC1.CCC.CNc1c(OC)cc(F)c(F)c1Nc1ccc(C)cc1F. The Balaban J connectivity index is -0.000000595. The third-order valence-electron chi connectivity index (χ3n) is 4.98. The number of hydrogen-bond donors (Lipinski definition) is 2. The van der Waals surface area contributed by atoms with Crippen molar-refractivity contribution in [3.63, 3.8) is 0 Å². The van der Waals surface area contributed by atoms with E-state index in [2.05, 4.69) is 37.5 Å². The standard InChI is InChI=1S/C15H15F3N2O.C7H11N.C3H8.C2H6.2CH2O/c1-8-4-5-11(9(16)6-8)20-15-13(18)10(17)7-12(21-3)14(15)19-2;1-7(4-5-7)3-2-6-8;1-3-2;3*1-2/h4-7,19-20H,1-3H3;2-5H2,1H3;3H2,1-2H3;1-2H3;2*1H2. The second-order valence-electron chi connectivity index (χ2n) is 8.16. The van der Waals surface area contributed by atoms with Crippen molar-refractivity contribution >= 4 is 30.6 Å². The summed E-state index contributed by atoms with van der Waals surface area (Å²) in [5.41, 5.74) is 1.34. The van der Waals surface area contributed by atoms with Gasteiger partial charge in [0.2, 0.25) is 0 Å². The number of benzene rings is 2. The quantitative estimate of drug-likeness (QED) is 0.383. The van der Waals surface area contributed by atoms with E-state index < -0.39 is 17.5 Å². The van der Waals surface area contributed by atoms with E-state index in [1.807, 2.05) is 27.4 Å². The molecule has 2 aromatic carbocycles. The molecule has 0 radical (unpaired) electrons. The summed E-state index contributed by atoms with van der Waals surface area (Å²) in [4.78, 5) is 16.0. The summed E-state index contributed by atoms with van der Waals surface area (Å²) < 4.78 is 46.5. The molecular weight excluding hydrogens is 495 g/mol. The van der Waals surface area contributed by atoms with E-state index in [1.165, 1.54) is 45.6 Å². The van der Waals surface area contributed by atoms with Crippen LogP contribution in [0.2, 0.25) is 0 Å². The Morgan fingerprint density at radius 2 is 1.55 bits per heavy atom. The summed E-state index contributed by atoms with van der Waals surface area (Å²) in [5, 5.41) is 13.5.